The number of rotatable bonds is 2. The molecule has 1 fully saturated rings. The third-order valence-electron chi connectivity index (χ3n) is 4.23. The summed E-state index contributed by atoms with van der Waals surface area (Å²) in [5, 5.41) is 1.89. The average Bonchev–Trinajstić information content (AvgIpc) is 3.07. The molecule has 0 aliphatic carbocycles. The van der Waals surface area contributed by atoms with Crippen molar-refractivity contribution in [3.8, 4) is 5.75 Å². The molecule has 5 nitrogen and oxygen atoms in total. The molecule has 2 aromatic rings. The van der Waals surface area contributed by atoms with E-state index in [4.69, 9.17) is 27.9 Å². The van der Waals surface area contributed by atoms with Crippen LogP contribution in [0.2, 0.25) is 10.0 Å². The Labute approximate surface area is 160 Å². The van der Waals surface area contributed by atoms with Crippen molar-refractivity contribution in [1.82, 2.24) is 5.43 Å². The van der Waals surface area contributed by atoms with E-state index in [1.54, 1.807) is 24.3 Å². The van der Waals surface area contributed by atoms with Crippen LogP contribution in [0.25, 0.3) is 6.08 Å². The van der Waals surface area contributed by atoms with E-state index in [0.717, 1.165) is 28.3 Å². The molecule has 0 saturated carbocycles. The Bertz CT molecular complexity index is 951. The Morgan fingerprint density at radius 1 is 1.15 bits per heavy atom. The van der Waals surface area contributed by atoms with Crippen LogP contribution in [0.4, 0.5) is 5.69 Å². The maximum Gasteiger partial charge on any atom is 0.282 e. The standard InChI is InChI=1S/C19H14Cl2N2O3/c1-10-4-12-5-11(2-3-17(12)26-10)6-16-18(24)22-23(19(16)25)15-8-13(20)7-14(21)9-15/h2-3,5-10H,4H2,1H3,(H,22,24)/b16-6+/t10-/m1/s1. The first-order valence-corrected chi connectivity index (χ1v) is 8.79. The van der Waals surface area contributed by atoms with Crippen LogP contribution in [0.15, 0.2) is 42.0 Å². The van der Waals surface area contributed by atoms with E-state index >= 15 is 0 Å². The molecule has 7 heteroatoms. The van der Waals surface area contributed by atoms with Crippen LogP contribution in [0.5, 0.6) is 5.75 Å². The maximum atomic E-state index is 12.7. The van der Waals surface area contributed by atoms with Gasteiger partial charge in [-0.1, -0.05) is 29.3 Å². The van der Waals surface area contributed by atoms with Gasteiger partial charge in [-0.2, -0.15) is 0 Å². The first-order chi connectivity index (χ1) is 12.4. The number of hydrogen-bond donors (Lipinski definition) is 1. The molecule has 0 bridgehead atoms. The zero-order valence-electron chi connectivity index (χ0n) is 13.8. The van der Waals surface area contributed by atoms with Crippen LogP contribution in [0, 0.1) is 0 Å². The van der Waals surface area contributed by atoms with Gasteiger partial charge >= 0.3 is 0 Å². The molecule has 0 spiro atoms. The second kappa shape index (κ2) is 6.34. The fourth-order valence-corrected chi connectivity index (χ4v) is 3.62. The number of halogens is 2. The van der Waals surface area contributed by atoms with Gasteiger partial charge < -0.3 is 4.74 Å². The molecule has 0 aromatic heterocycles. The number of fused-ring (bicyclic) bond motifs is 1. The highest BCUT2D eigenvalue weighted by atomic mass is 35.5. The number of nitrogens with one attached hydrogen (secondary N) is 1. The van der Waals surface area contributed by atoms with Crippen LogP contribution in [-0.2, 0) is 16.0 Å². The molecule has 26 heavy (non-hydrogen) atoms. The van der Waals surface area contributed by atoms with Gasteiger partial charge in [0.15, 0.2) is 0 Å². The highest BCUT2D eigenvalue weighted by Gasteiger charge is 2.34. The molecule has 1 saturated heterocycles. The van der Waals surface area contributed by atoms with Crippen molar-refractivity contribution in [3.05, 3.63) is 63.1 Å². The highest BCUT2D eigenvalue weighted by Crippen LogP contribution is 2.31. The normalized spacial score (nSPS) is 20.3. The summed E-state index contributed by atoms with van der Waals surface area (Å²) >= 11 is 12.0. The zero-order chi connectivity index (χ0) is 18.4. The number of hydrazine groups is 1. The van der Waals surface area contributed by atoms with E-state index in [-0.39, 0.29) is 11.7 Å². The van der Waals surface area contributed by atoms with Crippen LogP contribution in [-0.4, -0.2) is 17.9 Å². The first kappa shape index (κ1) is 16.9. The van der Waals surface area contributed by atoms with E-state index in [0.29, 0.717) is 15.7 Å². The summed E-state index contributed by atoms with van der Waals surface area (Å²) in [5.74, 6) is -0.0910. The molecule has 0 unspecified atom stereocenters. The van der Waals surface area contributed by atoms with Crippen LogP contribution < -0.4 is 15.2 Å². The van der Waals surface area contributed by atoms with Crippen LogP contribution in [0.1, 0.15) is 18.1 Å². The summed E-state index contributed by atoms with van der Waals surface area (Å²) in [6.45, 7) is 2.00. The maximum absolute atomic E-state index is 12.7. The fraction of sp³-hybridized carbons (Fsp3) is 0.158. The van der Waals surface area contributed by atoms with Crippen LogP contribution in [0.3, 0.4) is 0 Å². The van der Waals surface area contributed by atoms with E-state index in [1.165, 1.54) is 0 Å². The predicted octanol–water partition coefficient (Wildman–Crippen LogP) is 3.78. The lowest BCUT2D eigenvalue weighted by Crippen LogP contribution is -2.35. The van der Waals surface area contributed by atoms with Crippen molar-refractivity contribution >= 4 is 46.8 Å². The summed E-state index contributed by atoms with van der Waals surface area (Å²) in [6.07, 6.45) is 2.51. The number of hydrogen-bond acceptors (Lipinski definition) is 3. The first-order valence-electron chi connectivity index (χ1n) is 8.03. The summed E-state index contributed by atoms with van der Waals surface area (Å²) < 4.78 is 5.67. The lowest BCUT2D eigenvalue weighted by Gasteiger charge is -2.15. The minimum absolute atomic E-state index is 0.0491. The lowest BCUT2D eigenvalue weighted by molar-refractivity contribution is -0.117. The Morgan fingerprint density at radius 3 is 2.62 bits per heavy atom. The van der Waals surface area contributed by atoms with Gasteiger partial charge in [-0.25, -0.2) is 5.01 Å². The van der Waals surface area contributed by atoms with Gasteiger partial charge in [0.25, 0.3) is 11.8 Å². The number of ether oxygens (including phenoxy) is 1. The van der Waals surface area contributed by atoms with E-state index in [2.05, 4.69) is 5.43 Å². The third-order valence-corrected chi connectivity index (χ3v) is 4.66. The lowest BCUT2D eigenvalue weighted by atomic mass is 10.0. The van der Waals surface area contributed by atoms with Gasteiger partial charge in [0.05, 0.1) is 5.69 Å². The molecule has 2 aromatic carbocycles. The quantitative estimate of drug-likeness (QED) is 0.628. The molecule has 1 N–H and O–H groups in total. The van der Waals surface area contributed by atoms with Crippen LogP contribution >= 0.6 is 23.2 Å². The second-order valence-corrected chi connectivity index (χ2v) is 7.14. The zero-order valence-corrected chi connectivity index (χ0v) is 15.3. The second-order valence-electron chi connectivity index (χ2n) is 6.27. The number of benzene rings is 2. The fourth-order valence-electron chi connectivity index (χ4n) is 3.11. The van der Waals surface area contributed by atoms with Crippen molar-refractivity contribution in [2.75, 3.05) is 5.01 Å². The van der Waals surface area contributed by atoms with E-state index in [9.17, 15) is 9.59 Å². The molecule has 4 rings (SSSR count). The Morgan fingerprint density at radius 2 is 1.88 bits per heavy atom. The Hall–Kier alpha value is -2.50. The molecular weight excluding hydrogens is 375 g/mol. The van der Waals surface area contributed by atoms with Crippen molar-refractivity contribution in [2.45, 2.75) is 19.4 Å². The molecule has 132 valence electrons. The SMILES string of the molecule is C[C@@H]1Cc2cc(/C=C3\C(=O)NN(c4cc(Cl)cc(Cl)c4)C3=O)ccc2O1. The van der Waals surface area contributed by atoms with Gasteiger partial charge in [0, 0.05) is 16.5 Å². The molecular formula is C19H14Cl2N2O3. The largest absolute Gasteiger partial charge is 0.490 e. The van der Waals surface area contributed by atoms with Gasteiger partial charge in [-0.3, -0.25) is 15.0 Å². The molecule has 2 aliphatic rings. The number of carbonyl (C=O) groups is 2. The highest BCUT2D eigenvalue weighted by molar-refractivity contribution is 6.36. The summed E-state index contributed by atoms with van der Waals surface area (Å²) in [4.78, 5) is 25.0. The average molecular weight is 389 g/mol. The topological polar surface area (TPSA) is 58.6 Å². The Balaban J connectivity index is 1.65. The summed E-state index contributed by atoms with van der Waals surface area (Å²) in [5.41, 5.74) is 4.83. The number of carbonyl (C=O) groups excluding carboxylic acids is 2. The molecule has 1 atom stereocenters. The molecule has 2 amide bonds. The van der Waals surface area contributed by atoms with Crippen molar-refractivity contribution in [1.29, 1.82) is 0 Å². The Kier molecular flexibility index (Phi) is 4.13. The number of anilines is 1. The minimum Gasteiger partial charge on any atom is -0.490 e. The van der Waals surface area contributed by atoms with Crippen molar-refractivity contribution in [2.24, 2.45) is 0 Å². The molecule has 2 aliphatic heterocycles. The van der Waals surface area contributed by atoms with Gasteiger partial charge in [-0.05, 0) is 54.5 Å². The summed E-state index contributed by atoms with van der Waals surface area (Å²) in [7, 11) is 0. The van der Waals surface area contributed by atoms with E-state index in [1.807, 2.05) is 25.1 Å². The number of nitrogens with zero attached hydrogens (tertiary/aromatic N) is 1. The molecule has 0 radical (unpaired) electrons. The van der Waals surface area contributed by atoms with Gasteiger partial charge in [0.2, 0.25) is 0 Å². The van der Waals surface area contributed by atoms with Crippen molar-refractivity contribution < 1.29 is 14.3 Å². The smallest absolute Gasteiger partial charge is 0.282 e. The number of amides is 2. The minimum atomic E-state index is -0.476. The monoisotopic (exact) mass is 388 g/mol. The van der Waals surface area contributed by atoms with Crippen molar-refractivity contribution in [3.63, 3.8) is 0 Å². The summed E-state index contributed by atoms with van der Waals surface area (Å²) in [6, 6.07) is 10.3. The van der Waals surface area contributed by atoms with Gasteiger partial charge in [-0.15, -0.1) is 0 Å². The third kappa shape index (κ3) is 3.04. The predicted molar refractivity (Wildman–Crippen MR) is 100 cm³/mol. The van der Waals surface area contributed by atoms with Gasteiger partial charge in [0.1, 0.15) is 17.4 Å². The van der Waals surface area contributed by atoms with E-state index < -0.39 is 11.8 Å². The molecule has 2 heterocycles.